The van der Waals surface area contributed by atoms with E-state index in [0.29, 0.717) is 5.22 Å². The van der Waals surface area contributed by atoms with Crippen molar-refractivity contribution in [1.82, 2.24) is 0 Å². The van der Waals surface area contributed by atoms with Crippen molar-refractivity contribution in [3.05, 3.63) is 21.7 Å². The molecule has 0 atom stereocenters. The second-order valence-electron chi connectivity index (χ2n) is 2.55. The Kier molecular flexibility index (Phi) is 1.48. The molecule has 1 nitrogen and oxygen atoms in total. The van der Waals surface area contributed by atoms with Crippen LogP contribution in [-0.2, 0) is 0 Å². The van der Waals surface area contributed by atoms with Crippen LogP contribution in [0.5, 0.6) is 0 Å². The summed E-state index contributed by atoms with van der Waals surface area (Å²) in [5, 5.41) is 0.520. The molecule has 0 N–H and O–H groups in total. The lowest BCUT2D eigenvalue weighted by Gasteiger charge is -1.81. The highest BCUT2D eigenvalue weighted by molar-refractivity contribution is 7.19. The van der Waals surface area contributed by atoms with Crippen molar-refractivity contribution in [2.24, 2.45) is 0 Å². The Morgan fingerprint density at radius 2 is 2.18 bits per heavy atom. The number of hydrogen-bond donors (Lipinski definition) is 0. The van der Waals surface area contributed by atoms with Crippen molar-refractivity contribution in [3.63, 3.8) is 0 Å². The molecule has 0 aliphatic heterocycles. The number of halogens is 1. The highest BCUT2D eigenvalue weighted by Crippen LogP contribution is 2.34. The van der Waals surface area contributed by atoms with Crippen LogP contribution in [0.15, 0.2) is 10.5 Å². The van der Waals surface area contributed by atoms with Gasteiger partial charge in [0.15, 0.2) is 5.22 Å². The fraction of sp³-hybridized carbons (Fsp3) is 0.250. The van der Waals surface area contributed by atoms with Crippen LogP contribution >= 0.6 is 22.9 Å². The van der Waals surface area contributed by atoms with Crippen LogP contribution in [0, 0.1) is 13.8 Å². The maximum atomic E-state index is 5.79. The van der Waals surface area contributed by atoms with E-state index < -0.39 is 0 Å². The Morgan fingerprint density at radius 1 is 1.45 bits per heavy atom. The molecule has 58 valence electrons. The molecule has 0 aliphatic carbocycles. The molecule has 2 aromatic heterocycles. The molecule has 3 heteroatoms. The van der Waals surface area contributed by atoms with Gasteiger partial charge in [0.2, 0.25) is 0 Å². The fourth-order valence-electron chi connectivity index (χ4n) is 1.09. The average Bonchev–Trinajstić information content (AvgIpc) is 2.37. The summed E-state index contributed by atoms with van der Waals surface area (Å²) in [5.74, 6) is 0. The predicted octanol–water partition coefficient (Wildman–Crippen LogP) is 3.76. The SMILES string of the molecule is Cc1cc2oc(Cl)c(C)c2s1. The van der Waals surface area contributed by atoms with Crippen LogP contribution in [0.1, 0.15) is 10.4 Å². The largest absolute Gasteiger partial charge is 0.443 e. The van der Waals surface area contributed by atoms with E-state index in [-0.39, 0.29) is 0 Å². The van der Waals surface area contributed by atoms with Crippen molar-refractivity contribution >= 4 is 33.2 Å². The normalized spacial score (nSPS) is 11.2. The maximum Gasteiger partial charge on any atom is 0.198 e. The number of thiophene rings is 1. The molecule has 0 unspecified atom stereocenters. The van der Waals surface area contributed by atoms with E-state index in [1.54, 1.807) is 11.3 Å². The lowest BCUT2D eigenvalue weighted by molar-refractivity contribution is 0.615. The Morgan fingerprint density at radius 3 is 2.82 bits per heavy atom. The first-order chi connectivity index (χ1) is 5.18. The zero-order valence-corrected chi connectivity index (χ0v) is 7.84. The van der Waals surface area contributed by atoms with Crippen molar-refractivity contribution in [1.29, 1.82) is 0 Å². The van der Waals surface area contributed by atoms with Crippen molar-refractivity contribution in [3.8, 4) is 0 Å². The molecule has 0 aliphatic rings. The van der Waals surface area contributed by atoms with E-state index in [9.17, 15) is 0 Å². The Bertz CT molecular complexity index is 399. The second kappa shape index (κ2) is 2.26. The third kappa shape index (κ3) is 0.976. The number of fused-ring (bicyclic) bond motifs is 1. The fourth-order valence-corrected chi connectivity index (χ4v) is 2.26. The summed E-state index contributed by atoms with van der Waals surface area (Å²) in [6.07, 6.45) is 0. The van der Waals surface area contributed by atoms with Gasteiger partial charge in [-0.3, -0.25) is 0 Å². The van der Waals surface area contributed by atoms with Gasteiger partial charge in [0.25, 0.3) is 0 Å². The minimum atomic E-state index is 0.520. The zero-order valence-electron chi connectivity index (χ0n) is 6.27. The van der Waals surface area contributed by atoms with Gasteiger partial charge < -0.3 is 4.42 Å². The van der Waals surface area contributed by atoms with Crippen LogP contribution in [0.3, 0.4) is 0 Å². The van der Waals surface area contributed by atoms with Gasteiger partial charge in [-0.1, -0.05) is 0 Å². The number of aryl methyl sites for hydroxylation is 2. The van der Waals surface area contributed by atoms with E-state index >= 15 is 0 Å². The molecule has 2 aromatic rings. The van der Waals surface area contributed by atoms with Crippen molar-refractivity contribution in [2.75, 3.05) is 0 Å². The minimum Gasteiger partial charge on any atom is -0.443 e. The number of furan rings is 1. The van der Waals surface area contributed by atoms with E-state index in [0.717, 1.165) is 11.1 Å². The van der Waals surface area contributed by atoms with Gasteiger partial charge in [-0.05, 0) is 31.5 Å². The van der Waals surface area contributed by atoms with E-state index in [2.05, 4.69) is 6.92 Å². The third-order valence-corrected chi connectivity index (χ3v) is 3.17. The summed E-state index contributed by atoms with van der Waals surface area (Å²) >= 11 is 7.51. The topological polar surface area (TPSA) is 13.1 Å². The Hall–Kier alpha value is -0.470. The van der Waals surface area contributed by atoms with Gasteiger partial charge >= 0.3 is 0 Å². The summed E-state index contributed by atoms with van der Waals surface area (Å²) in [6.45, 7) is 4.04. The molecule has 0 amide bonds. The molecule has 11 heavy (non-hydrogen) atoms. The summed E-state index contributed by atoms with van der Waals surface area (Å²) in [6, 6.07) is 2.01. The summed E-state index contributed by atoms with van der Waals surface area (Å²) in [7, 11) is 0. The highest BCUT2D eigenvalue weighted by atomic mass is 35.5. The van der Waals surface area contributed by atoms with Crippen LogP contribution in [0.25, 0.3) is 10.3 Å². The molecular formula is C8H7ClOS. The first kappa shape index (κ1) is 7.19. The molecular weight excluding hydrogens is 180 g/mol. The molecule has 0 bridgehead atoms. The zero-order chi connectivity index (χ0) is 8.01. The van der Waals surface area contributed by atoms with E-state index in [1.807, 2.05) is 13.0 Å². The van der Waals surface area contributed by atoms with Crippen molar-refractivity contribution < 1.29 is 4.42 Å². The monoisotopic (exact) mass is 186 g/mol. The molecule has 0 spiro atoms. The van der Waals surface area contributed by atoms with Gasteiger partial charge in [-0.15, -0.1) is 11.3 Å². The first-order valence-electron chi connectivity index (χ1n) is 3.33. The van der Waals surface area contributed by atoms with E-state index in [4.69, 9.17) is 16.0 Å². The first-order valence-corrected chi connectivity index (χ1v) is 4.53. The Labute approximate surface area is 73.6 Å². The molecule has 0 fully saturated rings. The smallest absolute Gasteiger partial charge is 0.198 e. The highest BCUT2D eigenvalue weighted by Gasteiger charge is 2.10. The second-order valence-corrected chi connectivity index (χ2v) is 4.15. The predicted molar refractivity (Wildman–Crippen MR) is 48.6 cm³/mol. The average molecular weight is 187 g/mol. The van der Waals surface area contributed by atoms with Gasteiger partial charge in [-0.25, -0.2) is 0 Å². The quantitative estimate of drug-likeness (QED) is 0.611. The third-order valence-electron chi connectivity index (χ3n) is 1.66. The molecule has 0 aromatic carbocycles. The lowest BCUT2D eigenvalue weighted by Crippen LogP contribution is -1.59. The van der Waals surface area contributed by atoms with Gasteiger partial charge in [0.1, 0.15) is 5.58 Å². The van der Waals surface area contributed by atoms with E-state index in [1.165, 1.54) is 9.58 Å². The molecule has 2 rings (SSSR count). The van der Waals surface area contributed by atoms with Crippen LogP contribution in [0.4, 0.5) is 0 Å². The number of hydrogen-bond acceptors (Lipinski definition) is 2. The minimum absolute atomic E-state index is 0.520. The lowest BCUT2D eigenvalue weighted by atomic mass is 10.3. The van der Waals surface area contributed by atoms with Crippen LogP contribution in [0.2, 0.25) is 5.22 Å². The summed E-state index contributed by atoms with van der Waals surface area (Å²) < 4.78 is 6.47. The summed E-state index contributed by atoms with van der Waals surface area (Å²) in [4.78, 5) is 1.26. The molecule has 0 saturated heterocycles. The molecule has 0 saturated carbocycles. The van der Waals surface area contributed by atoms with Gasteiger partial charge in [-0.2, -0.15) is 0 Å². The van der Waals surface area contributed by atoms with Gasteiger partial charge in [0, 0.05) is 10.4 Å². The van der Waals surface area contributed by atoms with Crippen LogP contribution in [-0.4, -0.2) is 0 Å². The van der Waals surface area contributed by atoms with Crippen LogP contribution < -0.4 is 0 Å². The molecule has 0 radical (unpaired) electrons. The standard InChI is InChI=1S/C8H7ClOS/c1-4-3-6-7(11-4)5(2)8(9)10-6/h3H,1-2H3. The van der Waals surface area contributed by atoms with Crippen molar-refractivity contribution in [2.45, 2.75) is 13.8 Å². The molecule has 2 heterocycles. The summed E-state index contributed by atoms with van der Waals surface area (Å²) in [5.41, 5.74) is 1.97. The number of rotatable bonds is 0. The maximum absolute atomic E-state index is 5.79. The Balaban J connectivity index is 2.88. The van der Waals surface area contributed by atoms with Gasteiger partial charge in [0.05, 0.1) is 4.70 Å².